The number of benzene rings is 4. The van der Waals surface area contributed by atoms with Gasteiger partial charge in [0.1, 0.15) is 5.75 Å². The van der Waals surface area contributed by atoms with Gasteiger partial charge < -0.3 is 15.4 Å². The standard InChI is InChI=1S/C27H21ClN2O3/c1-33-23-14-12-22(13-15-23)29-27(32)21-11-16-24(28)25(17-21)30-26(31)20-9-7-19(8-10-20)18-5-3-2-4-6-18/h2-17H,1H3,(H,29,32)(H,30,31). The summed E-state index contributed by atoms with van der Waals surface area (Å²) in [5.74, 6) is 0.0602. The van der Waals surface area contributed by atoms with Crippen LogP contribution in [0.3, 0.4) is 0 Å². The molecule has 4 aromatic rings. The first-order valence-electron chi connectivity index (χ1n) is 10.3. The number of methoxy groups -OCH3 is 1. The Morgan fingerprint density at radius 2 is 1.30 bits per heavy atom. The summed E-state index contributed by atoms with van der Waals surface area (Å²) in [4.78, 5) is 25.4. The Morgan fingerprint density at radius 3 is 1.97 bits per heavy atom. The molecule has 0 saturated heterocycles. The van der Waals surface area contributed by atoms with Crippen molar-refractivity contribution in [2.75, 3.05) is 17.7 Å². The lowest BCUT2D eigenvalue weighted by molar-refractivity contribution is 0.101. The SMILES string of the molecule is COc1ccc(NC(=O)c2ccc(Cl)c(NC(=O)c3ccc(-c4ccccc4)cc3)c2)cc1. The number of nitrogens with one attached hydrogen (secondary N) is 2. The second-order valence-electron chi connectivity index (χ2n) is 7.27. The number of carbonyl (C=O) groups excluding carboxylic acids is 2. The maximum atomic E-state index is 12.8. The highest BCUT2D eigenvalue weighted by molar-refractivity contribution is 6.34. The van der Waals surface area contributed by atoms with Crippen molar-refractivity contribution in [1.29, 1.82) is 0 Å². The van der Waals surface area contributed by atoms with Crippen LogP contribution in [-0.2, 0) is 0 Å². The number of hydrogen-bond donors (Lipinski definition) is 2. The van der Waals surface area contributed by atoms with Gasteiger partial charge in [0.25, 0.3) is 11.8 Å². The summed E-state index contributed by atoms with van der Waals surface area (Å²) in [5, 5.41) is 5.94. The number of carbonyl (C=O) groups is 2. The summed E-state index contributed by atoms with van der Waals surface area (Å²) in [7, 11) is 1.58. The topological polar surface area (TPSA) is 67.4 Å². The number of ether oxygens (including phenoxy) is 1. The van der Waals surface area contributed by atoms with E-state index < -0.39 is 0 Å². The highest BCUT2D eigenvalue weighted by Gasteiger charge is 2.13. The molecular weight excluding hydrogens is 436 g/mol. The zero-order valence-corrected chi connectivity index (χ0v) is 18.6. The number of hydrogen-bond acceptors (Lipinski definition) is 3. The summed E-state index contributed by atoms with van der Waals surface area (Å²) in [6.45, 7) is 0. The molecule has 2 amide bonds. The van der Waals surface area contributed by atoms with Crippen LogP contribution in [0, 0.1) is 0 Å². The van der Waals surface area contributed by atoms with Gasteiger partial charge in [-0.05, 0) is 65.7 Å². The fraction of sp³-hybridized carbons (Fsp3) is 0.0370. The van der Waals surface area contributed by atoms with Gasteiger partial charge in [0.15, 0.2) is 0 Å². The third kappa shape index (κ3) is 5.40. The Kier molecular flexibility index (Phi) is 6.72. The summed E-state index contributed by atoms with van der Waals surface area (Å²) in [6, 6.07) is 29.0. The Morgan fingerprint density at radius 1 is 0.697 bits per heavy atom. The van der Waals surface area contributed by atoms with Crippen LogP contribution >= 0.6 is 11.6 Å². The normalized spacial score (nSPS) is 10.4. The molecule has 0 unspecified atom stereocenters. The summed E-state index contributed by atoms with van der Waals surface area (Å²) in [6.07, 6.45) is 0. The van der Waals surface area contributed by atoms with E-state index in [2.05, 4.69) is 10.6 Å². The van der Waals surface area contributed by atoms with Crippen LogP contribution in [0.5, 0.6) is 5.75 Å². The van der Waals surface area contributed by atoms with E-state index in [0.717, 1.165) is 11.1 Å². The first-order chi connectivity index (χ1) is 16.0. The average Bonchev–Trinajstić information content (AvgIpc) is 2.86. The fourth-order valence-electron chi connectivity index (χ4n) is 3.28. The Hall–Kier alpha value is -4.09. The second-order valence-corrected chi connectivity index (χ2v) is 7.68. The number of anilines is 2. The molecule has 164 valence electrons. The van der Waals surface area contributed by atoms with Crippen molar-refractivity contribution in [3.05, 3.63) is 113 Å². The van der Waals surface area contributed by atoms with E-state index in [9.17, 15) is 9.59 Å². The highest BCUT2D eigenvalue weighted by Crippen LogP contribution is 2.25. The molecule has 0 saturated carbocycles. The lowest BCUT2D eigenvalue weighted by atomic mass is 10.0. The van der Waals surface area contributed by atoms with Crippen molar-refractivity contribution in [2.24, 2.45) is 0 Å². The zero-order chi connectivity index (χ0) is 23.2. The number of amides is 2. The minimum Gasteiger partial charge on any atom is -0.497 e. The van der Waals surface area contributed by atoms with Gasteiger partial charge in [0.2, 0.25) is 0 Å². The van der Waals surface area contributed by atoms with Crippen LogP contribution in [0.2, 0.25) is 5.02 Å². The molecule has 0 bridgehead atoms. The molecular formula is C27H21ClN2O3. The van der Waals surface area contributed by atoms with Gasteiger partial charge in [0, 0.05) is 16.8 Å². The van der Waals surface area contributed by atoms with Crippen molar-refractivity contribution in [3.8, 4) is 16.9 Å². The van der Waals surface area contributed by atoms with E-state index in [1.54, 1.807) is 61.7 Å². The van der Waals surface area contributed by atoms with Gasteiger partial charge >= 0.3 is 0 Å². The van der Waals surface area contributed by atoms with E-state index in [4.69, 9.17) is 16.3 Å². The summed E-state index contributed by atoms with van der Waals surface area (Å²) < 4.78 is 5.12. The Balaban J connectivity index is 1.47. The maximum Gasteiger partial charge on any atom is 0.255 e. The molecule has 0 aliphatic carbocycles. The number of halogens is 1. The zero-order valence-electron chi connectivity index (χ0n) is 17.8. The smallest absolute Gasteiger partial charge is 0.255 e. The fourth-order valence-corrected chi connectivity index (χ4v) is 3.44. The molecule has 0 aliphatic rings. The molecule has 0 spiro atoms. The first kappa shape index (κ1) is 22.1. The van der Waals surface area contributed by atoms with Gasteiger partial charge in [-0.15, -0.1) is 0 Å². The van der Waals surface area contributed by atoms with Crippen LogP contribution in [-0.4, -0.2) is 18.9 Å². The predicted octanol–water partition coefficient (Wildman–Crippen LogP) is 6.52. The van der Waals surface area contributed by atoms with E-state index in [1.165, 1.54) is 0 Å². The number of rotatable bonds is 6. The van der Waals surface area contributed by atoms with Crippen LogP contribution in [0.25, 0.3) is 11.1 Å². The van der Waals surface area contributed by atoms with Crippen LogP contribution in [0.1, 0.15) is 20.7 Å². The van der Waals surface area contributed by atoms with Gasteiger partial charge in [-0.25, -0.2) is 0 Å². The third-order valence-corrected chi connectivity index (χ3v) is 5.41. The molecule has 0 aliphatic heterocycles. The van der Waals surface area contributed by atoms with E-state index in [0.29, 0.717) is 33.3 Å². The summed E-state index contributed by atoms with van der Waals surface area (Å²) in [5.41, 5.74) is 3.92. The third-order valence-electron chi connectivity index (χ3n) is 5.08. The van der Waals surface area contributed by atoms with Crippen molar-refractivity contribution < 1.29 is 14.3 Å². The lowest BCUT2D eigenvalue weighted by Gasteiger charge is -2.11. The van der Waals surface area contributed by atoms with E-state index >= 15 is 0 Å². The maximum absolute atomic E-state index is 12.8. The molecule has 0 heterocycles. The quantitative estimate of drug-likeness (QED) is 0.347. The molecule has 0 radical (unpaired) electrons. The molecule has 5 nitrogen and oxygen atoms in total. The van der Waals surface area contributed by atoms with Crippen LogP contribution in [0.4, 0.5) is 11.4 Å². The van der Waals surface area contributed by atoms with Crippen LogP contribution in [0.15, 0.2) is 97.1 Å². The van der Waals surface area contributed by atoms with Gasteiger partial charge in [-0.2, -0.15) is 0 Å². The molecule has 0 atom stereocenters. The van der Waals surface area contributed by atoms with Gasteiger partial charge in [0.05, 0.1) is 17.8 Å². The van der Waals surface area contributed by atoms with Crippen molar-refractivity contribution in [3.63, 3.8) is 0 Å². The molecule has 0 fully saturated rings. The van der Waals surface area contributed by atoms with Crippen molar-refractivity contribution >= 4 is 34.8 Å². The van der Waals surface area contributed by atoms with Gasteiger partial charge in [-0.1, -0.05) is 54.1 Å². The average molecular weight is 457 g/mol. The van der Waals surface area contributed by atoms with Crippen LogP contribution < -0.4 is 15.4 Å². The molecule has 33 heavy (non-hydrogen) atoms. The van der Waals surface area contributed by atoms with E-state index in [-0.39, 0.29) is 11.8 Å². The summed E-state index contributed by atoms with van der Waals surface area (Å²) >= 11 is 6.27. The molecule has 0 aromatic heterocycles. The lowest BCUT2D eigenvalue weighted by Crippen LogP contribution is -2.15. The minimum atomic E-state index is -0.320. The van der Waals surface area contributed by atoms with Gasteiger partial charge in [-0.3, -0.25) is 9.59 Å². The Bertz CT molecular complexity index is 1270. The monoisotopic (exact) mass is 456 g/mol. The molecule has 6 heteroatoms. The molecule has 4 rings (SSSR count). The molecule has 4 aromatic carbocycles. The Labute approximate surface area is 197 Å². The highest BCUT2D eigenvalue weighted by atomic mass is 35.5. The van der Waals surface area contributed by atoms with Crippen molar-refractivity contribution in [2.45, 2.75) is 0 Å². The molecule has 2 N–H and O–H groups in total. The largest absolute Gasteiger partial charge is 0.497 e. The minimum absolute atomic E-state index is 0.316. The van der Waals surface area contributed by atoms with E-state index in [1.807, 2.05) is 42.5 Å². The van der Waals surface area contributed by atoms with Crippen molar-refractivity contribution in [1.82, 2.24) is 0 Å². The first-order valence-corrected chi connectivity index (χ1v) is 10.6. The predicted molar refractivity (Wildman–Crippen MR) is 132 cm³/mol. The second kappa shape index (κ2) is 10.0.